The Balaban J connectivity index is 2.26. The normalized spacial score (nSPS) is 10.2. The van der Waals surface area contributed by atoms with Crippen LogP contribution in [0.4, 0.5) is 5.69 Å². The number of anilines is 1. The van der Waals surface area contributed by atoms with Crippen molar-refractivity contribution in [2.75, 3.05) is 11.4 Å². The average molecular weight is 275 g/mol. The third kappa shape index (κ3) is 3.16. The van der Waals surface area contributed by atoms with E-state index in [0.29, 0.717) is 5.69 Å². The fourth-order valence-electron chi connectivity index (χ4n) is 1.65. The van der Waals surface area contributed by atoms with E-state index in [4.69, 9.17) is 5.11 Å². The Bertz CT molecular complexity index is 594. The van der Waals surface area contributed by atoms with E-state index in [1.54, 1.807) is 12.1 Å². The fourth-order valence-corrected chi connectivity index (χ4v) is 1.65. The lowest BCUT2D eigenvalue weighted by Crippen LogP contribution is -2.33. The maximum atomic E-state index is 12.3. The number of carbonyl (C=O) groups is 2. The first-order valence-electron chi connectivity index (χ1n) is 5.91. The van der Waals surface area contributed by atoms with Crippen molar-refractivity contribution in [1.29, 1.82) is 0 Å². The number of H-pyrrole nitrogens is 1. The predicted octanol–water partition coefficient (Wildman–Crippen LogP) is 0.630. The molecule has 0 atom stereocenters. The summed E-state index contributed by atoms with van der Waals surface area (Å²) in [5.41, 5.74) is 1.63. The molecule has 8 nitrogen and oxygen atoms in total. The molecule has 0 saturated carbocycles. The van der Waals surface area contributed by atoms with Gasteiger partial charge in [0.1, 0.15) is 0 Å². The highest BCUT2D eigenvalue weighted by Crippen LogP contribution is 2.17. The monoisotopic (exact) mass is 275 g/mol. The number of amides is 1. The number of nitrogens with one attached hydrogen (secondary N) is 1. The summed E-state index contributed by atoms with van der Waals surface area (Å²) in [7, 11) is 0. The number of aryl methyl sites for hydroxylation is 1. The Hall–Kier alpha value is -2.77. The van der Waals surface area contributed by atoms with Gasteiger partial charge in [0.05, 0.1) is 6.42 Å². The third-order valence-electron chi connectivity index (χ3n) is 2.68. The lowest BCUT2D eigenvalue weighted by Gasteiger charge is -2.20. The number of aromatic amines is 1. The van der Waals surface area contributed by atoms with Gasteiger partial charge in [-0.15, -0.1) is 10.2 Å². The van der Waals surface area contributed by atoms with Crippen LogP contribution in [0.3, 0.4) is 0 Å². The van der Waals surface area contributed by atoms with Gasteiger partial charge in [0.2, 0.25) is 0 Å². The number of carbonyl (C=O) groups excluding carboxylic acids is 1. The van der Waals surface area contributed by atoms with Gasteiger partial charge in [-0.3, -0.25) is 9.59 Å². The van der Waals surface area contributed by atoms with Crippen molar-refractivity contribution in [3.8, 4) is 0 Å². The Kier molecular flexibility index (Phi) is 4.04. The van der Waals surface area contributed by atoms with Crippen LogP contribution >= 0.6 is 0 Å². The van der Waals surface area contributed by atoms with Crippen LogP contribution in [-0.4, -0.2) is 44.2 Å². The maximum Gasteiger partial charge on any atom is 0.305 e. The lowest BCUT2D eigenvalue weighted by molar-refractivity contribution is -0.136. The van der Waals surface area contributed by atoms with Crippen molar-refractivity contribution in [2.24, 2.45) is 0 Å². The van der Waals surface area contributed by atoms with E-state index in [9.17, 15) is 9.59 Å². The van der Waals surface area contributed by atoms with E-state index in [-0.39, 0.29) is 18.8 Å². The molecular weight excluding hydrogens is 262 g/mol. The van der Waals surface area contributed by atoms with Gasteiger partial charge >= 0.3 is 5.97 Å². The standard InChI is InChI=1S/C12H13N5O3/c1-8-2-4-9(5-3-8)17(7-6-10(18)19)12(20)11-13-15-16-14-11/h2-5H,6-7H2,1H3,(H,18,19)(H,13,14,15,16). The average Bonchev–Trinajstić information content (AvgIpc) is 2.94. The molecule has 0 spiro atoms. The molecule has 1 aromatic heterocycles. The summed E-state index contributed by atoms with van der Waals surface area (Å²) in [4.78, 5) is 24.3. The smallest absolute Gasteiger partial charge is 0.305 e. The summed E-state index contributed by atoms with van der Waals surface area (Å²) < 4.78 is 0. The molecule has 20 heavy (non-hydrogen) atoms. The summed E-state index contributed by atoms with van der Waals surface area (Å²) in [6.07, 6.45) is -0.169. The predicted molar refractivity (Wildman–Crippen MR) is 69.3 cm³/mol. The first-order chi connectivity index (χ1) is 9.58. The van der Waals surface area contributed by atoms with Crippen LogP contribution in [0.2, 0.25) is 0 Å². The first-order valence-corrected chi connectivity index (χ1v) is 5.91. The minimum absolute atomic E-state index is 0.0335. The van der Waals surface area contributed by atoms with Gasteiger partial charge in [-0.25, -0.2) is 0 Å². The molecule has 0 aliphatic carbocycles. The third-order valence-corrected chi connectivity index (χ3v) is 2.68. The molecule has 0 bridgehead atoms. The van der Waals surface area contributed by atoms with Crippen LogP contribution in [0, 0.1) is 6.92 Å². The highest BCUT2D eigenvalue weighted by molar-refractivity contribution is 6.03. The number of hydrogen-bond donors (Lipinski definition) is 2. The van der Waals surface area contributed by atoms with Crippen molar-refractivity contribution < 1.29 is 14.7 Å². The largest absolute Gasteiger partial charge is 0.481 e. The van der Waals surface area contributed by atoms with Gasteiger partial charge in [0, 0.05) is 12.2 Å². The molecule has 1 aromatic carbocycles. The summed E-state index contributed by atoms with van der Waals surface area (Å²) in [6.45, 7) is 1.96. The van der Waals surface area contributed by atoms with Crippen molar-refractivity contribution in [1.82, 2.24) is 20.6 Å². The summed E-state index contributed by atoms with van der Waals surface area (Å²) in [5.74, 6) is -1.58. The van der Waals surface area contributed by atoms with Crippen molar-refractivity contribution in [2.45, 2.75) is 13.3 Å². The lowest BCUT2D eigenvalue weighted by atomic mass is 10.2. The highest BCUT2D eigenvalue weighted by Gasteiger charge is 2.22. The number of aromatic nitrogens is 4. The molecule has 8 heteroatoms. The molecule has 0 aliphatic rings. The summed E-state index contributed by atoms with van der Waals surface area (Å²) >= 11 is 0. The van der Waals surface area contributed by atoms with Crippen molar-refractivity contribution >= 4 is 17.6 Å². The van der Waals surface area contributed by atoms with Gasteiger partial charge in [0.15, 0.2) is 0 Å². The van der Waals surface area contributed by atoms with E-state index < -0.39 is 11.9 Å². The minimum atomic E-state index is -0.983. The van der Waals surface area contributed by atoms with Crippen LogP contribution in [0.1, 0.15) is 22.6 Å². The summed E-state index contributed by atoms with van der Waals surface area (Å²) in [6, 6.07) is 7.17. The van der Waals surface area contributed by atoms with Gasteiger partial charge < -0.3 is 10.0 Å². The molecule has 2 N–H and O–H groups in total. The summed E-state index contributed by atoms with van der Waals surface area (Å²) in [5, 5.41) is 21.5. The fraction of sp³-hybridized carbons (Fsp3) is 0.250. The number of nitrogens with zero attached hydrogens (tertiary/aromatic N) is 4. The number of rotatable bonds is 5. The van der Waals surface area contributed by atoms with Crippen LogP contribution in [-0.2, 0) is 4.79 Å². The number of benzene rings is 1. The molecule has 1 amide bonds. The van der Waals surface area contributed by atoms with Crippen LogP contribution < -0.4 is 4.90 Å². The zero-order chi connectivity index (χ0) is 14.5. The number of hydrogen-bond acceptors (Lipinski definition) is 5. The van der Waals surface area contributed by atoms with Crippen LogP contribution in [0.15, 0.2) is 24.3 Å². The molecule has 104 valence electrons. The molecule has 0 aliphatic heterocycles. The van der Waals surface area contributed by atoms with E-state index in [1.807, 2.05) is 19.1 Å². The SMILES string of the molecule is Cc1ccc(N(CCC(=O)O)C(=O)c2nn[nH]n2)cc1. The second kappa shape index (κ2) is 5.91. The van der Waals surface area contributed by atoms with E-state index >= 15 is 0 Å². The quantitative estimate of drug-likeness (QED) is 0.827. The Morgan fingerprint density at radius 3 is 2.55 bits per heavy atom. The van der Waals surface area contributed by atoms with Crippen LogP contribution in [0.5, 0.6) is 0 Å². The zero-order valence-corrected chi connectivity index (χ0v) is 10.8. The van der Waals surface area contributed by atoms with Gasteiger partial charge in [-0.1, -0.05) is 17.7 Å². The number of aliphatic carboxylic acids is 1. The molecule has 0 radical (unpaired) electrons. The van der Waals surface area contributed by atoms with E-state index in [1.165, 1.54) is 4.90 Å². The topological polar surface area (TPSA) is 112 Å². The molecule has 0 unspecified atom stereocenters. The van der Waals surface area contributed by atoms with E-state index in [0.717, 1.165) is 5.56 Å². The maximum absolute atomic E-state index is 12.3. The Labute approximate surface area is 114 Å². The van der Waals surface area contributed by atoms with E-state index in [2.05, 4.69) is 20.6 Å². The van der Waals surface area contributed by atoms with Gasteiger partial charge in [-0.05, 0) is 24.3 Å². The Morgan fingerprint density at radius 1 is 1.30 bits per heavy atom. The number of carboxylic acids is 1. The van der Waals surface area contributed by atoms with Crippen molar-refractivity contribution in [3.05, 3.63) is 35.7 Å². The number of tetrazole rings is 1. The first kappa shape index (κ1) is 13.7. The molecule has 0 saturated heterocycles. The second-order valence-corrected chi connectivity index (χ2v) is 4.17. The molecule has 1 heterocycles. The molecule has 2 aromatic rings. The molecular formula is C12H13N5O3. The van der Waals surface area contributed by atoms with Gasteiger partial charge in [-0.2, -0.15) is 5.21 Å². The van der Waals surface area contributed by atoms with Crippen molar-refractivity contribution in [3.63, 3.8) is 0 Å². The Morgan fingerprint density at radius 2 is 2.00 bits per heavy atom. The molecule has 0 fully saturated rings. The van der Waals surface area contributed by atoms with Gasteiger partial charge in [0.25, 0.3) is 11.7 Å². The number of carboxylic acid groups (broad SMARTS) is 1. The van der Waals surface area contributed by atoms with Crippen LogP contribution in [0.25, 0.3) is 0 Å². The second-order valence-electron chi connectivity index (χ2n) is 4.17. The zero-order valence-electron chi connectivity index (χ0n) is 10.8. The highest BCUT2D eigenvalue weighted by atomic mass is 16.4. The minimum Gasteiger partial charge on any atom is -0.481 e. The molecule has 2 rings (SSSR count).